The Morgan fingerprint density at radius 2 is 2.06 bits per heavy atom. The Hall–Kier alpha value is -1.87. The highest BCUT2D eigenvalue weighted by atomic mass is 35.5. The third-order valence-corrected chi connectivity index (χ3v) is 2.92. The maximum atomic E-state index is 12.5. The zero-order valence-corrected chi connectivity index (χ0v) is 9.68. The molecule has 2 rings (SSSR count). The fourth-order valence-electron chi connectivity index (χ4n) is 1.76. The van der Waals surface area contributed by atoms with Crippen molar-refractivity contribution in [1.82, 2.24) is 4.57 Å². The molecule has 0 aliphatic rings. The van der Waals surface area contributed by atoms with E-state index in [9.17, 15) is 13.2 Å². The molecule has 0 saturated carbocycles. The normalized spacial score (nSPS) is 11.7. The zero-order chi connectivity index (χ0) is 13.5. The highest BCUT2D eigenvalue weighted by Crippen LogP contribution is 2.33. The molecule has 18 heavy (non-hydrogen) atoms. The van der Waals surface area contributed by atoms with E-state index in [1.165, 1.54) is 18.2 Å². The highest BCUT2D eigenvalue weighted by molar-refractivity contribution is 6.38. The number of rotatable bonds is 1. The van der Waals surface area contributed by atoms with Gasteiger partial charge in [-0.25, -0.2) is 0 Å². The van der Waals surface area contributed by atoms with E-state index in [0.29, 0.717) is 5.39 Å². The third-order valence-electron chi connectivity index (χ3n) is 2.50. The van der Waals surface area contributed by atoms with Gasteiger partial charge in [-0.2, -0.15) is 18.4 Å². The van der Waals surface area contributed by atoms with Crippen LogP contribution in [-0.4, -0.2) is 10.7 Å². The van der Waals surface area contributed by atoms with Gasteiger partial charge in [0.05, 0.1) is 16.2 Å². The number of fused-ring (bicyclic) bond motifs is 1. The monoisotopic (exact) mass is 273 g/mol. The van der Waals surface area contributed by atoms with Crippen molar-refractivity contribution in [2.45, 2.75) is 12.7 Å². The lowest BCUT2D eigenvalue weighted by atomic mass is 10.2. The standard InChI is InChI=1S/C11H7ClF3N3/c12-10-7-3-6(4-16)18(5-11(13,14)15)9(7)2-1-8(10)17/h1-3H,5,17H2. The van der Waals surface area contributed by atoms with E-state index in [0.717, 1.165) is 4.57 Å². The molecular weight excluding hydrogens is 267 g/mol. The number of benzene rings is 1. The summed E-state index contributed by atoms with van der Waals surface area (Å²) in [5.41, 5.74) is 5.97. The second-order valence-corrected chi connectivity index (χ2v) is 4.12. The number of alkyl halides is 3. The number of hydrogen-bond acceptors (Lipinski definition) is 2. The summed E-state index contributed by atoms with van der Waals surface area (Å²) in [6.07, 6.45) is -4.41. The first kappa shape index (κ1) is 12.6. The second-order valence-electron chi connectivity index (χ2n) is 3.74. The van der Waals surface area contributed by atoms with Gasteiger partial charge in [0.1, 0.15) is 18.3 Å². The average Bonchev–Trinajstić information content (AvgIpc) is 2.60. The Balaban J connectivity index is 2.72. The topological polar surface area (TPSA) is 54.7 Å². The molecule has 94 valence electrons. The molecule has 7 heteroatoms. The van der Waals surface area contributed by atoms with Crippen molar-refractivity contribution in [3.63, 3.8) is 0 Å². The van der Waals surface area contributed by atoms with Crippen LogP contribution in [0.25, 0.3) is 10.9 Å². The molecule has 0 fully saturated rings. The number of aromatic nitrogens is 1. The van der Waals surface area contributed by atoms with Gasteiger partial charge >= 0.3 is 6.18 Å². The van der Waals surface area contributed by atoms with Crippen LogP contribution in [0.1, 0.15) is 5.69 Å². The number of nitrogens with zero attached hydrogens (tertiary/aromatic N) is 2. The second kappa shape index (κ2) is 4.10. The molecule has 0 radical (unpaired) electrons. The van der Waals surface area contributed by atoms with E-state index in [4.69, 9.17) is 22.6 Å². The van der Waals surface area contributed by atoms with Gasteiger partial charge in [0.15, 0.2) is 0 Å². The molecule has 2 aromatic rings. The van der Waals surface area contributed by atoms with Crippen molar-refractivity contribution >= 4 is 28.2 Å². The highest BCUT2D eigenvalue weighted by Gasteiger charge is 2.30. The summed E-state index contributed by atoms with van der Waals surface area (Å²) in [5, 5.41) is 9.37. The van der Waals surface area contributed by atoms with Crippen LogP contribution >= 0.6 is 11.6 Å². The minimum Gasteiger partial charge on any atom is -0.398 e. The maximum Gasteiger partial charge on any atom is 0.406 e. The van der Waals surface area contributed by atoms with Crippen molar-refractivity contribution in [3.8, 4) is 6.07 Å². The molecule has 1 aromatic heterocycles. The number of halogens is 4. The molecule has 2 N–H and O–H groups in total. The van der Waals surface area contributed by atoms with Crippen LogP contribution < -0.4 is 5.73 Å². The van der Waals surface area contributed by atoms with Crippen molar-refractivity contribution in [1.29, 1.82) is 5.26 Å². The summed E-state index contributed by atoms with van der Waals surface area (Å²) in [5.74, 6) is 0. The van der Waals surface area contributed by atoms with Crippen LogP contribution in [0.15, 0.2) is 18.2 Å². The molecule has 3 nitrogen and oxygen atoms in total. The first-order valence-electron chi connectivity index (χ1n) is 4.87. The summed E-state index contributed by atoms with van der Waals surface area (Å²) in [7, 11) is 0. The van der Waals surface area contributed by atoms with Gasteiger partial charge in [-0.15, -0.1) is 0 Å². The first-order valence-corrected chi connectivity index (χ1v) is 5.25. The minimum absolute atomic E-state index is 0.102. The Morgan fingerprint density at radius 3 is 2.61 bits per heavy atom. The van der Waals surface area contributed by atoms with Crippen LogP contribution in [0.2, 0.25) is 5.02 Å². The summed E-state index contributed by atoms with van der Waals surface area (Å²) >= 11 is 5.91. The number of nitrogen functional groups attached to an aromatic ring is 1. The quantitative estimate of drug-likeness (QED) is 0.811. The van der Waals surface area contributed by atoms with Crippen LogP contribution in [-0.2, 0) is 6.54 Å². The largest absolute Gasteiger partial charge is 0.406 e. The van der Waals surface area contributed by atoms with E-state index >= 15 is 0 Å². The Bertz CT molecular complexity index is 652. The molecule has 0 unspecified atom stereocenters. The molecule has 0 aliphatic carbocycles. The average molecular weight is 274 g/mol. The SMILES string of the molecule is N#Cc1cc2c(Cl)c(N)ccc2n1CC(F)(F)F. The van der Waals surface area contributed by atoms with Crippen molar-refractivity contribution in [3.05, 3.63) is 28.9 Å². The molecule has 0 aliphatic heterocycles. The summed E-state index contributed by atoms with van der Waals surface area (Å²) < 4.78 is 38.2. The van der Waals surface area contributed by atoms with Gasteiger partial charge < -0.3 is 10.3 Å². The molecule has 0 atom stereocenters. The molecule has 0 bridgehead atoms. The third kappa shape index (κ3) is 2.09. The van der Waals surface area contributed by atoms with Crippen LogP contribution in [0.3, 0.4) is 0 Å². The van der Waals surface area contributed by atoms with Gasteiger partial charge in [-0.3, -0.25) is 0 Å². The van der Waals surface area contributed by atoms with Gasteiger partial charge in [0, 0.05) is 5.39 Å². The fourth-order valence-corrected chi connectivity index (χ4v) is 1.97. The lowest BCUT2D eigenvalue weighted by Gasteiger charge is -2.10. The predicted octanol–water partition coefficient (Wildman–Crippen LogP) is 3.31. The number of anilines is 1. The predicted molar refractivity (Wildman–Crippen MR) is 62.1 cm³/mol. The smallest absolute Gasteiger partial charge is 0.398 e. The van der Waals surface area contributed by atoms with Crippen molar-refractivity contribution in [2.75, 3.05) is 5.73 Å². The number of nitrogens with two attached hydrogens (primary N) is 1. The summed E-state index contributed by atoms with van der Waals surface area (Å²) in [4.78, 5) is 0. The Labute approximate surface area is 105 Å². The molecule has 0 amide bonds. The van der Waals surface area contributed by atoms with Crippen LogP contribution in [0.5, 0.6) is 0 Å². The van der Waals surface area contributed by atoms with Crippen LogP contribution in [0, 0.1) is 11.3 Å². The maximum absolute atomic E-state index is 12.5. The minimum atomic E-state index is -4.41. The lowest BCUT2D eigenvalue weighted by molar-refractivity contribution is -0.140. The molecule has 0 spiro atoms. The molecule has 1 heterocycles. The summed E-state index contributed by atoms with van der Waals surface area (Å²) in [6.45, 7) is -1.24. The Morgan fingerprint density at radius 1 is 1.39 bits per heavy atom. The zero-order valence-electron chi connectivity index (χ0n) is 8.92. The Kier molecular flexibility index (Phi) is 2.87. The van der Waals surface area contributed by atoms with E-state index < -0.39 is 12.7 Å². The number of hydrogen-bond donors (Lipinski definition) is 1. The first-order chi connectivity index (χ1) is 8.33. The van der Waals surface area contributed by atoms with Crippen molar-refractivity contribution < 1.29 is 13.2 Å². The van der Waals surface area contributed by atoms with Gasteiger partial charge in [0.2, 0.25) is 0 Å². The van der Waals surface area contributed by atoms with E-state index in [-0.39, 0.29) is 21.9 Å². The van der Waals surface area contributed by atoms with E-state index in [1.807, 2.05) is 0 Å². The van der Waals surface area contributed by atoms with Gasteiger partial charge in [-0.1, -0.05) is 11.6 Å². The fraction of sp³-hybridized carbons (Fsp3) is 0.182. The lowest BCUT2D eigenvalue weighted by Crippen LogP contribution is -2.18. The molecule has 1 aromatic carbocycles. The van der Waals surface area contributed by atoms with E-state index in [1.54, 1.807) is 6.07 Å². The van der Waals surface area contributed by atoms with E-state index in [2.05, 4.69) is 0 Å². The molecular formula is C11H7ClF3N3. The molecule has 0 saturated heterocycles. The number of nitriles is 1. The summed E-state index contributed by atoms with van der Waals surface area (Å²) in [6, 6.07) is 5.86. The van der Waals surface area contributed by atoms with Gasteiger partial charge in [-0.05, 0) is 18.2 Å². The van der Waals surface area contributed by atoms with Gasteiger partial charge in [0.25, 0.3) is 0 Å². The van der Waals surface area contributed by atoms with Crippen molar-refractivity contribution in [2.24, 2.45) is 0 Å². The van der Waals surface area contributed by atoms with Crippen LogP contribution in [0.4, 0.5) is 18.9 Å².